The van der Waals surface area contributed by atoms with Crippen LogP contribution in [0.15, 0.2) is 0 Å². The standard InChI is InChI=1S/C6H11FO/c7-6(4-8)5-2-1-3-5/h5-6,8H,1-4H2/t6-/m0/s1. The highest BCUT2D eigenvalue weighted by Gasteiger charge is 2.25. The van der Waals surface area contributed by atoms with E-state index in [4.69, 9.17) is 5.11 Å². The molecule has 0 aliphatic heterocycles. The van der Waals surface area contributed by atoms with Crippen LogP contribution < -0.4 is 0 Å². The fourth-order valence-corrected chi connectivity index (χ4v) is 0.951. The summed E-state index contributed by atoms with van der Waals surface area (Å²) in [6.07, 6.45) is 2.15. The van der Waals surface area contributed by atoms with Crippen LogP contribution in [0.2, 0.25) is 0 Å². The van der Waals surface area contributed by atoms with E-state index in [1.54, 1.807) is 0 Å². The predicted octanol–water partition coefficient (Wildman–Crippen LogP) is 1.12. The van der Waals surface area contributed by atoms with E-state index in [0.717, 1.165) is 19.3 Å². The van der Waals surface area contributed by atoms with Crippen LogP contribution in [-0.2, 0) is 0 Å². The molecule has 1 N–H and O–H groups in total. The van der Waals surface area contributed by atoms with E-state index in [-0.39, 0.29) is 12.5 Å². The van der Waals surface area contributed by atoms with Gasteiger partial charge in [-0.25, -0.2) is 4.39 Å². The van der Waals surface area contributed by atoms with E-state index in [1.807, 2.05) is 0 Å². The fraction of sp³-hybridized carbons (Fsp3) is 1.00. The van der Waals surface area contributed by atoms with Gasteiger partial charge in [0.05, 0.1) is 6.61 Å². The maximum Gasteiger partial charge on any atom is 0.126 e. The molecular weight excluding hydrogens is 107 g/mol. The maximum absolute atomic E-state index is 12.3. The van der Waals surface area contributed by atoms with Gasteiger partial charge in [-0.05, 0) is 18.8 Å². The van der Waals surface area contributed by atoms with Crippen LogP contribution in [0.1, 0.15) is 19.3 Å². The molecule has 0 unspecified atom stereocenters. The molecule has 1 saturated carbocycles. The van der Waals surface area contributed by atoms with E-state index in [2.05, 4.69) is 0 Å². The van der Waals surface area contributed by atoms with Gasteiger partial charge in [0.25, 0.3) is 0 Å². The van der Waals surface area contributed by atoms with Crippen molar-refractivity contribution in [2.75, 3.05) is 6.61 Å². The minimum Gasteiger partial charge on any atom is -0.393 e. The van der Waals surface area contributed by atoms with Crippen molar-refractivity contribution in [3.8, 4) is 0 Å². The zero-order chi connectivity index (χ0) is 5.98. The number of hydrogen-bond acceptors (Lipinski definition) is 1. The summed E-state index contributed by atoms with van der Waals surface area (Å²) in [5.41, 5.74) is 0. The Kier molecular flexibility index (Phi) is 1.84. The van der Waals surface area contributed by atoms with Crippen molar-refractivity contribution in [1.82, 2.24) is 0 Å². The Morgan fingerprint density at radius 3 is 2.38 bits per heavy atom. The Bertz CT molecular complexity index is 68.2. The van der Waals surface area contributed by atoms with E-state index < -0.39 is 6.17 Å². The quantitative estimate of drug-likeness (QED) is 0.576. The number of halogens is 1. The van der Waals surface area contributed by atoms with Gasteiger partial charge in [0, 0.05) is 0 Å². The van der Waals surface area contributed by atoms with Gasteiger partial charge in [0.15, 0.2) is 0 Å². The van der Waals surface area contributed by atoms with Crippen LogP contribution in [0.25, 0.3) is 0 Å². The Hall–Kier alpha value is -0.110. The van der Waals surface area contributed by atoms with Crippen LogP contribution in [0.3, 0.4) is 0 Å². The van der Waals surface area contributed by atoms with E-state index in [1.165, 1.54) is 0 Å². The monoisotopic (exact) mass is 118 g/mol. The number of alkyl halides is 1. The Balaban J connectivity index is 2.13. The minimum absolute atomic E-state index is 0.181. The fourth-order valence-electron chi connectivity index (χ4n) is 0.951. The summed E-state index contributed by atoms with van der Waals surface area (Å²) in [5, 5.41) is 8.30. The molecule has 0 aromatic carbocycles. The van der Waals surface area contributed by atoms with Gasteiger partial charge in [0.2, 0.25) is 0 Å². The van der Waals surface area contributed by atoms with Gasteiger partial charge in [-0.3, -0.25) is 0 Å². The molecule has 8 heavy (non-hydrogen) atoms. The topological polar surface area (TPSA) is 20.2 Å². The highest BCUT2D eigenvalue weighted by atomic mass is 19.1. The minimum atomic E-state index is -0.941. The largest absolute Gasteiger partial charge is 0.393 e. The molecule has 0 amide bonds. The lowest BCUT2D eigenvalue weighted by atomic mass is 9.82. The van der Waals surface area contributed by atoms with Crippen LogP contribution in [0.4, 0.5) is 4.39 Å². The summed E-state index contributed by atoms with van der Waals surface area (Å²) in [7, 11) is 0. The molecule has 1 rings (SSSR count). The predicted molar refractivity (Wildman–Crippen MR) is 29.3 cm³/mol. The summed E-state index contributed by atoms with van der Waals surface area (Å²) in [5.74, 6) is 0.181. The zero-order valence-corrected chi connectivity index (χ0v) is 4.81. The van der Waals surface area contributed by atoms with E-state index in [9.17, 15) is 4.39 Å². The average Bonchev–Trinajstić information content (AvgIpc) is 1.62. The summed E-state index contributed by atoms with van der Waals surface area (Å²) < 4.78 is 12.3. The molecular formula is C6H11FO. The van der Waals surface area contributed by atoms with Gasteiger partial charge < -0.3 is 5.11 Å². The first kappa shape index (κ1) is 6.02. The third-order valence-corrected chi connectivity index (χ3v) is 1.84. The normalized spacial score (nSPS) is 24.8. The lowest BCUT2D eigenvalue weighted by Gasteiger charge is -2.27. The van der Waals surface area contributed by atoms with Crippen molar-refractivity contribution >= 4 is 0 Å². The molecule has 0 spiro atoms. The van der Waals surface area contributed by atoms with E-state index in [0.29, 0.717) is 0 Å². The van der Waals surface area contributed by atoms with Crippen molar-refractivity contribution in [3.63, 3.8) is 0 Å². The third kappa shape index (κ3) is 0.996. The molecule has 48 valence electrons. The summed E-state index contributed by atoms with van der Waals surface area (Å²) in [6, 6.07) is 0. The highest BCUT2D eigenvalue weighted by molar-refractivity contribution is 4.76. The number of rotatable bonds is 2. The Labute approximate surface area is 48.5 Å². The van der Waals surface area contributed by atoms with Crippen LogP contribution in [0, 0.1) is 5.92 Å². The first-order chi connectivity index (χ1) is 3.84. The number of aliphatic hydroxyl groups is 1. The van der Waals surface area contributed by atoms with Crippen molar-refractivity contribution in [1.29, 1.82) is 0 Å². The van der Waals surface area contributed by atoms with Crippen molar-refractivity contribution in [3.05, 3.63) is 0 Å². The number of aliphatic hydroxyl groups excluding tert-OH is 1. The second-order valence-electron chi connectivity index (χ2n) is 2.39. The van der Waals surface area contributed by atoms with Crippen molar-refractivity contribution in [2.24, 2.45) is 5.92 Å². The van der Waals surface area contributed by atoms with Gasteiger partial charge >= 0.3 is 0 Å². The highest BCUT2D eigenvalue weighted by Crippen LogP contribution is 2.30. The molecule has 1 aliphatic rings. The lowest BCUT2D eigenvalue weighted by Crippen LogP contribution is -2.25. The summed E-state index contributed by atoms with van der Waals surface area (Å²) >= 11 is 0. The summed E-state index contributed by atoms with van der Waals surface area (Å²) in [6.45, 7) is -0.287. The second kappa shape index (κ2) is 2.44. The van der Waals surface area contributed by atoms with Gasteiger partial charge in [0.1, 0.15) is 6.17 Å². The van der Waals surface area contributed by atoms with Crippen molar-refractivity contribution < 1.29 is 9.50 Å². The first-order valence-electron chi connectivity index (χ1n) is 3.09. The Morgan fingerprint density at radius 2 is 2.25 bits per heavy atom. The molecule has 0 heterocycles. The van der Waals surface area contributed by atoms with Gasteiger partial charge in [-0.2, -0.15) is 0 Å². The molecule has 0 saturated heterocycles. The maximum atomic E-state index is 12.3. The molecule has 1 atom stereocenters. The zero-order valence-electron chi connectivity index (χ0n) is 4.81. The van der Waals surface area contributed by atoms with Crippen LogP contribution in [-0.4, -0.2) is 17.9 Å². The molecule has 0 radical (unpaired) electrons. The van der Waals surface area contributed by atoms with Crippen LogP contribution in [0.5, 0.6) is 0 Å². The molecule has 1 aliphatic carbocycles. The molecule has 1 fully saturated rings. The molecule has 2 heteroatoms. The number of hydrogen-bond donors (Lipinski definition) is 1. The average molecular weight is 118 g/mol. The third-order valence-electron chi connectivity index (χ3n) is 1.84. The summed E-state index contributed by atoms with van der Waals surface area (Å²) in [4.78, 5) is 0. The molecule has 1 nitrogen and oxygen atoms in total. The van der Waals surface area contributed by atoms with Gasteiger partial charge in [-0.15, -0.1) is 0 Å². The molecule has 0 aromatic rings. The van der Waals surface area contributed by atoms with Crippen LogP contribution >= 0.6 is 0 Å². The first-order valence-corrected chi connectivity index (χ1v) is 3.09. The van der Waals surface area contributed by atoms with Gasteiger partial charge in [-0.1, -0.05) is 6.42 Å². The Morgan fingerprint density at radius 1 is 1.62 bits per heavy atom. The van der Waals surface area contributed by atoms with E-state index >= 15 is 0 Å². The SMILES string of the molecule is OC[C@H](F)C1CCC1. The lowest BCUT2D eigenvalue weighted by molar-refractivity contribution is 0.0842. The van der Waals surface area contributed by atoms with Crippen molar-refractivity contribution in [2.45, 2.75) is 25.4 Å². The smallest absolute Gasteiger partial charge is 0.126 e. The molecule has 0 bridgehead atoms. The second-order valence-corrected chi connectivity index (χ2v) is 2.39. The molecule has 0 aromatic heterocycles.